The van der Waals surface area contributed by atoms with E-state index in [0.717, 1.165) is 0 Å². The van der Waals surface area contributed by atoms with E-state index in [1.54, 1.807) is 141 Å². The van der Waals surface area contributed by atoms with Crippen LogP contribution in [0.5, 0.6) is 0 Å². The Kier molecular flexibility index (Phi) is 8.20. The fourth-order valence-electron chi connectivity index (χ4n) is 7.51. The van der Waals surface area contributed by atoms with Gasteiger partial charge in [-0.3, -0.25) is 0 Å². The number of hydrogen-bond donors (Lipinski definition) is 4. The standard InChI is InChI=1S/C44H28N14O4/c59-43(60)27-9-5-25(6-10-27)37-29-21-33(55-17-1-13-45-55)39(49-29)53-40-34(56-18-2-14-46-56)23-31(50-40)38(26-7-11-28(12-8-26)44(61)62)32-24-36(58-20-4-16-48-58)42(52-32)54-41-35(22-30(37)51-41)57-19-3-15-47-57/h1-24H,(H,59,60)(H,61,62)(H,49,50,53)(H,51,52,54). The molecular weight excluding hydrogens is 789 g/mol. The van der Waals surface area contributed by atoms with Crippen molar-refractivity contribution in [2.45, 2.75) is 0 Å². The molecule has 11 rings (SSSR count). The van der Waals surface area contributed by atoms with Crippen LogP contribution in [-0.4, -0.2) is 91.2 Å². The van der Waals surface area contributed by atoms with Gasteiger partial charge in [-0.2, -0.15) is 20.4 Å². The highest BCUT2D eigenvalue weighted by atomic mass is 16.4. The summed E-state index contributed by atoms with van der Waals surface area (Å²) in [4.78, 5) is 51.7. The summed E-state index contributed by atoms with van der Waals surface area (Å²) < 4.78 is 6.71. The molecule has 8 bridgehead atoms. The molecular formula is C44H28N14O4. The minimum atomic E-state index is -1.06. The largest absolute Gasteiger partial charge is 0.478 e. The molecule has 4 N–H and O–H groups in total. The van der Waals surface area contributed by atoms with Crippen LogP contribution in [0.3, 0.4) is 0 Å². The average molecular weight is 817 g/mol. The highest BCUT2D eigenvalue weighted by Crippen LogP contribution is 2.37. The summed E-state index contributed by atoms with van der Waals surface area (Å²) in [7, 11) is 0. The van der Waals surface area contributed by atoms with Crippen molar-refractivity contribution in [2.24, 2.45) is 0 Å². The number of carboxylic acid groups (broad SMARTS) is 2. The molecule has 2 aliphatic heterocycles. The molecule has 9 aromatic rings. The number of H-pyrrole nitrogens is 2. The molecule has 2 aromatic carbocycles. The van der Waals surface area contributed by atoms with E-state index in [0.29, 0.717) is 90.4 Å². The molecule has 18 heteroatoms. The summed E-state index contributed by atoms with van der Waals surface area (Å²) in [5.41, 5.74) is 8.01. The molecule has 2 aliphatic rings. The number of aromatic amines is 2. The Morgan fingerprint density at radius 2 is 0.855 bits per heavy atom. The van der Waals surface area contributed by atoms with Gasteiger partial charge in [0.15, 0.2) is 22.9 Å². The van der Waals surface area contributed by atoms with Gasteiger partial charge in [-0.05, 0) is 83.9 Å². The normalized spacial score (nSPS) is 12.3. The Balaban J connectivity index is 1.33. The van der Waals surface area contributed by atoms with Crippen LogP contribution in [0.25, 0.3) is 79.5 Å². The topological polar surface area (TPSA) is 229 Å². The lowest BCUT2D eigenvalue weighted by atomic mass is 10.0. The zero-order valence-corrected chi connectivity index (χ0v) is 31.9. The first-order chi connectivity index (χ1) is 30.3. The van der Waals surface area contributed by atoms with Gasteiger partial charge in [0.25, 0.3) is 0 Å². The number of aromatic carboxylic acids is 2. The van der Waals surface area contributed by atoms with Crippen LogP contribution >= 0.6 is 0 Å². The highest BCUT2D eigenvalue weighted by Gasteiger charge is 2.24. The van der Waals surface area contributed by atoms with Crippen molar-refractivity contribution >= 4 is 57.8 Å². The van der Waals surface area contributed by atoms with Crippen molar-refractivity contribution in [1.82, 2.24) is 69.0 Å². The maximum absolute atomic E-state index is 12.0. The third-order valence-electron chi connectivity index (χ3n) is 10.3. The van der Waals surface area contributed by atoms with E-state index < -0.39 is 11.9 Å². The summed E-state index contributed by atoms with van der Waals surface area (Å²) in [6.07, 6.45) is 17.6. The summed E-state index contributed by atoms with van der Waals surface area (Å²) in [5, 5.41) is 37.8. The summed E-state index contributed by atoms with van der Waals surface area (Å²) in [6.45, 7) is 0. The molecule has 0 amide bonds. The zero-order valence-electron chi connectivity index (χ0n) is 31.9. The predicted octanol–water partition coefficient (Wildman–Crippen LogP) is 6.69. The van der Waals surface area contributed by atoms with Crippen LogP contribution in [0.2, 0.25) is 0 Å². The van der Waals surface area contributed by atoms with Gasteiger partial charge in [-0.15, -0.1) is 0 Å². The molecule has 7 aromatic heterocycles. The Morgan fingerprint density at radius 3 is 1.19 bits per heavy atom. The van der Waals surface area contributed by atoms with Crippen LogP contribution in [0.15, 0.2) is 135 Å². The van der Waals surface area contributed by atoms with Crippen LogP contribution in [-0.2, 0) is 0 Å². The average Bonchev–Trinajstić information content (AvgIpc) is 4.13. The smallest absolute Gasteiger partial charge is 0.335 e. The van der Waals surface area contributed by atoms with E-state index in [2.05, 4.69) is 30.4 Å². The van der Waals surface area contributed by atoms with Gasteiger partial charge in [-0.1, -0.05) is 24.3 Å². The second-order valence-corrected chi connectivity index (χ2v) is 14.1. The molecule has 18 nitrogen and oxygen atoms in total. The molecule has 0 aliphatic carbocycles. The maximum atomic E-state index is 12.0. The molecule has 0 radical (unpaired) electrons. The summed E-state index contributed by atoms with van der Waals surface area (Å²) in [5.74, 6) is -1.49. The van der Waals surface area contributed by atoms with Crippen molar-refractivity contribution in [3.8, 4) is 33.6 Å². The highest BCUT2D eigenvalue weighted by molar-refractivity contribution is 5.98. The molecule has 0 saturated carbocycles. The lowest BCUT2D eigenvalue weighted by molar-refractivity contribution is 0.0686. The third-order valence-corrected chi connectivity index (χ3v) is 10.3. The van der Waals surface area contributed by atoms with Crippen molar-refractivity contribution in [1.29, 1.82) is 0 Å². The van der Waals surface area contributed by atoms with Gasteiger partial charge >= 0.3 is 11.9 Å². The quantitative estimate of drug-likeness (QED) is 0.126. The number of nitrogens with one attached hydrogen (secondary N) is 2. The Labute approximate surface area is 348 Å². The first-order valence-corrected chi connectivity index (χ1v) is 19.0. The molecule has 0 unspecified atom stereocenters. The molecule has 9 heterocycles. The molecule has 0 spiro atoms. The van der Waals surface area contributed by atoms with Crippen LogP contribution in [0.1, 0.15) is 43.8 Å². The van der Waals surface area contributed by atoms with Gasteiger partial charge in [0.1, 0.15) is 22.8 Å². The van der Waals surface area contributed by atoms with Crippen LogP contribution in [0, 0.1) is 0 Å². The number of benzene rings is 2. The fraction of sp³-hybridized carbons (Fsp3) is 0. The van der Waals surface area contributed by atoms with Crippen molar-refractivity contribution in [2.75, 3.05) is 0 Å². The maximum Gasteiger partial charge on any atom is 0.335 e. The van der Waals surface area contributed by atoms with E-state index in [9.17, 15) is 19.8 Å². The SMILES string of the molecule is O=C(O)c1ccc(-c2c3nc(nc4[nH]c(cc4-n4cccn4)c(-c4ccc(C(=O)O)cc4)c4nc(nc5[nH]c2cc5-n2cccn2)C(n2cccn2)=C4)C(n2cccn2)=C3)cc1. The van der Waals surface area contributed by atoms with Gasteiger partial charge < -0.3 is 20.2 Å². The van der Waals surface area contributed by atoms with Gasteiger partial charge in [0.2, 0.25) is 0 Å². The number of carbonyl (C=O) groups is 2. The van der Waals surface area contributed by atoms with Gasteiger partial charge in [0, 0.05) is 60.7 Å². The first kappa shape index (κ1) is 35.8. The lowest BCUT2D eigenvalue weighted by Gasteiger charge is -2.04. The number of carboxylic acids is 2. The molecule has 0 fully saturated rings. The molecule has 298 valence electrons. The number of hydrogen-bond acceptors (Lipinski definition) is 10. The zero-order chi connectivity index (χ0) is 41.9. The first-order valence-electron chi connectivity index (χ1n) is 19.0. The monoisotopic (exact) mass is 816 g/mol. The third kappa shape index (κ3) is 6.14. The van der Waals surface area contributed by atoms with E-state index in [-0.39, 0.29) is 11.1 Å². The van der Waals surface area contributed by atoms with Gasteiger partial charge in [-0.25, -0.2) is 48.3 Å². The van der Waals surface area contributed by atoms with E-state index in [4.69, 9.17) is 19.9 Å². The fourth-order valence-corrected chi connectivity index (χ4v) is 7.51. The molecule has 0 atom stereocenters. The minimum absolute atomic E-state index is 0.122. The predicted molar refractivity (Wildman–Crippen MR) is 227 cm³/mol. The van der Waals surface area contributed by atoms with E-state index >= 15 is 0 Å². The van der Waals surface area contributed by atoms with Crippen molar-refractivity contribution < 1.29 is 19.8 Å². The van der Waals surface area contributed by atoms with Crippen molar-refractivity contribution in [3.05, 3.63) is 169 Å². The van der Waals surface area contributed by atoms with Crippen LogP contribution < -0.4 is 0 Å². The Bertz CT molecular complexity index is 3200. The molecule has 0 saturated heterocycles. The summed E-state index contributed by atoms with van der Waals surface area (Å²) in [6, 6.07) is 24.1. The second kappa shape index (κ2) is 14.2. The lowest BCUT2D eigenvalue weighted by Crippen LogP contribution is -2.00. The van der Waals surface area contributed by atoms with E-state index in [1.807, 2.05) is 24.3 Å². The number of aromatic nitrogens is 14. The van der Waals surface area contributed by atoms with Gasteiger partial charge in [0.05, 0.1) is 33.5 Å². The van der Waals surface area contributed by atoms with Crippen molar-refractivity contribution in [3.63, 3.8) is 0 Å². The Hall–Kier alpha value is -9.32. The summed E-state index contributed by atoms with van der Waals surface area (Å²) >= 11 is 0. The number of fused-ring (bicyclic) bond motifs is 8. The second-order valence-electron chi connectivity index (χ2n) is 14.1. The molecule has 62 heavy (non-hydrogen) atoms. The Morgan fingerprint density at radius 1 is 0.484 bits per heavy atom. The minimum Gasteiger partial charge on any atom is -0.478 e. The van der Waals surface area contributed by atoms with E-state index in [1.165, 1.54) is 0 Å². The number of nitrogens with zero attached hydrogens (tertiary/aromatic N) is 12. The van der Waals surface area contributed by atoms with Crippen LogP contribution in [0.4, 0.5) is 0 Å². The number of rotatable bonds is 8.